The first-order valence-corrected chi connectivity index (χ1v) is 3.81. The highest BCUT2D eigenvalue weighted by Crippen LogP contribution is 2.13. The average molecular weight is 169 g/mol. The molecule has 0 spiro atoms. The minimum Gasteiger partial charge on any atom is -0.396 e. The van der Waals surface area contributed by atoms with Crippen LogP contribution >= 0.6 is 0 Å². The molecule has 1 unspecified atom stereocenters. The number of hydrogen-bond donors (Lipinski definition) is 2. The minimum atomic E-state index is -0.421. The maximum atomic E-state index is 12.6. The number of nitrogens with two attached hydrogens (primary N) is 1. The Labute approximate surface area is 70.8 Å². The van der Waals surface area contributed by atoms with Gasteiger partial charge in [-0.1, -0.05) is 6.07 Å². The molecule has 3 N–H and O–H groups in total. The summed E-state index contributed by atoms with van der Waals surface area (Å²) in [5.41, 5.74) is 6.32. The highest BCUT2D eigenvalue weighted by atomic mass is 19.1. The molecule has 0 saturated carbocycles. The molecule has 66 valence electrons. The Morgan fingerprint density at radius 1 is 1.58 bits per heavy atom. The fraction of sp³-hybridized carbons (Fsp3) is 0.333. The summed E-state index contributed by atoms with van der Waals surface area (Å²) in [6.07, 6.45) is 0.0830. The predicted molar refractivity (Wildman–Crippen MR) is 46.2 cm³/mol. The second-order valence-electron chi connectivity index (χ2n) is 2.91. The molecule has 1 aromatic rings. The lowest BCUT2D eigenvalue weighted by molar-refractivity contribution is 0.195. The van der Waals surface area contributed by atoms with Crippen LogP contribution in [0.1, 0.15) is 12.5 Å². The van der Waals surface area contributed by atoms with E-state index < -0.39 is 11.9 Å². The first kappa shape index (κ1) is 9.00. The topological polar surface area (TPSA) is 46.2 Å². The number of rotatable bonds is 2. The smallest absolute Gasteiger partial charge is 0.146 e. The van der Waals surface area contributed by atoms with E-state index in [0.29, 0.717) is 6.42 Å². The van der Waals surface area contributed by atoms with Gasteiger partial charge in [-0.05, 0) is 31.0 Å². The van der Waals surface area contributed by atoms with Crippen molar-refractivity contribution in [1.29, 1.82) is 0 Å². The van der Waals surface area contributed by atoms with Gasteiger partial charge in [0.15, 0.2) is 0 Å². The Morgan fingerprint density at radius 2 is 2.25 bits per heavy atom. The summed E-state index contributed by atoms with van der Waals surface area (Å²) in [7, 11) is 0. The highest BCUT2D eigenvalue weighted by molar-refractivity contribution is 5.42. The van der Waals surface area contributed by atoms with Crippen LogP contribution in [0.2, 0.25) is 0 Å². The van der Waals surface area contributed by atoms with Crippen LogP contribution in [0, 0.1) is 5.82 Å². The zero-order valence-electron chi connectivity index (χ0n) is 6.92. The van der Waals surface area contributed by atoms with E-state index in [4.69, 9.17) is 10.8 Å². The largest absolute Gasteiger partial charge is 0.396 e. The normalized spacial score (nSPS) is 12.9. The lowest BCUT2D eigenvalue weighted by Gasteiger charge is -2.05. The number of nitrogen functional groups attached to an aromatic ring is 1. The van der Waals surface area contributed by atoms with E-state index >= 15 is 0 Å². The quantitative estimate of drug-likeness (QED) is 0.656. The molecular formula is C9H12FNO. The van der Waals surface area contributed by atoms with Crippen LogP contribution in [-0.2, 0) is 6.42 Å². The molecule has 0 fully saturated rings. The number of aliphatic hydroxyl groups is 1. The molecule has 0 aromatic heterocycles. The maximum absolute atomic E-state index is 12.6. The third kappa shape index (κ3) is 2.20. The lowest BCUT2D eigenvalue weighted by atomic mass is 10.1. The van der Waals surface area contributed by atoms with Crippen molar-refractivity contribution in [3.8, 4) is 0 Å². The predicted octanol–water partition coefficient (Wildman–Crippen LogP) is 1.33. The third-order valence-corrected chi connectivity index (χ3v) is 1.59. The lowest BCUT2D eigenvalue weighted by Crippen LogP contribution is -2.04. The van der Waals surface area contributed by atoms with E-state index in [1.165, 1.54) is 6.07 Å². The minimum absolute atomic E-state index is 0.133. The molecule has 0 amide bonds. The summed E-state index contributed by atoms with van der Waals surface area (Å²) < 4.78 is 12.6. The number of aliphatic hydroxyl groups excluding tert-OH is 1. The van der Waals surface area contributed by atoms with Crippen LogP contribution in [0.15, 0.2) is 18.2 Å². The fourth-order valence-electron chi connectivity index (χ4n) is 1.06. The Morgan fingerprint density at radius 3 is 2.75 bits per heavy atom. The van der Waals surface area contributed by atoms with Crippen LogP contribution in [0.3, 0.4) is 0 Å². The number of anilines is 1. The van der Waals surface area contributed by atoms with E-state index in [0.717, 1.165) is 5.56 Å². The molecule has 0 aliphatic carbocycles. The average Bonchev–Trinajstić information content (AvgIpc) is 1.96. The molecule has 0 aliphatic rings. The van der Waals surface area contributed by atoms with Crippen molar-refractivity contribution in [2.24, 2.45) is 0 Å². The van der Waals surface area contributed by atoms with Crippen molar-refractivity contribution in [2.45, 2.75) is 19.4 Å². The van der Waals surface area contributed by atoms with Crippen molar-refractivity contribution < 1.29 is 9.50 Å². The molecule has 0 heterocycles. The number of benzene rings is 1. The summed E-state index contributed by atoms with van der Waals surface area (Å²) in [4.78, 5) is 0. The van der Waals surface area contributed by atoms with Gasteiger partial charge in [-0.2, -0.15) is 0 Å². The first-order valence-electron chi connectivity index (χ1n) is 3.81. The third-order valence-electron chi connectivity index (χ3n) is 1.59. The molecule has 0 saturated heterocycles. The van der Waals surface area contributed by atoms with Gasteiger partial charge in [-0.25, -0.2) is 4.39 Å². The van der Waals surface area contributed by atoms with Gasteiger partial charge in [0.05, 0.1) is 11.8 Å². The van der Waals surface area contributed by atoms with Crippen molar-refractivity contribution in [2.75, 3.05) is 5.73 Å². The zero-order valence-corrected chi connectivity index (χ0v) is 6.92. The molecule has 2 nitrogen and oxygen atoms in total. The van der Waals surface area contributed by atoms with Gasteiger partial charge in [0, 0.05) is 0 Å². The molecule has 0 aliphatic heterocycles. The van der Waals surface area contributed by atoms with Crippen LogP contribution in [-0.4, -0.2) is 11.2 Å². The molecule has 0 radical (unpaired) electrons. The van der Waals surface area contributed by atoms with Crippen LogP contribution in [0.4, 0.5) is 10.1 Å². The number of halogens is 1. The van der Waals surface area contributed by atoms with Crippen molar-refractivity contribution in [3.63, 3.8) is 0 Å². The first-order chi connectivity index (χ1) is 5.59. The summed E-state index contributed by atoms with van der Waals surface area (Å²) >= 11 is 0. The van der Waals surface area contributed by atoms with Gasteiger partial charge in [0.25, 0.3) is 0 Å². The molecule has 3 heteroatoms. The van der Waals surface area contributed by atoms with Gasteiger partial charge in [-0.3, -0.25) is 0 Å². The summed E-state index contributed by atoms with van der Waals surface area (Å²) in [6.45, 7) is 1.68. The van der Waals surface area contributed by atoms with E-state index in [9.17, 15) is 4.39 Å². The zero-order chi connectivity index (χ0) is 9.14. The van der Waals surface area contributed by atoms with E-state index in [-0.39, 0.29) is 5.69 Å². The van der Waals surface area contributed by atoms with Gasteiger partial charge < -0.3 is 10.8 Å². The Kier molecular flexibility index (Phi) is 2.65. The Balaban J connectivity index is 2.82. The number of hydrogen-bond acceptors (Lipinski definition) is 2. The SMILES string of the molecule is CC(O)Cc1ccc(F)c(N)c1. The van der Waals surface area contributed by atoms with Crippen LogP contribution in [0.5, 0.6) is 0 Å². The van der Waals surface area contributed by atoms with Gasteiger partial charge in [0.1, 0.15) is 5.82 Å². The van der Waals surface area contributed by atoms with Gasteiger partial charge in [-0.15, -0.1) is 0 Å². The van der Waals surface area contributed by atoms with E-state index in [1.54, 1.807) is 19.1 Å². The van der Waals surface area contributed by atoms with E-state index in [1.807, 2.05) is 0 Å². The molecular weight excluding hydrogens is 157 g/mol. The molecule has 12 heavy (non-hydrogen) atoms. The second-order valence-corrected chi connectivity index (χ2v) is 2.91. The van der Waals surface area contributed by atoms with Crippen molar-refractivity contribution >= 4 is 5.69 Å². The Hall–Kier alpha value is -1.09. The molecule has 1 rings (SSSR count). The van der Waals surface area contributed by atoms with Gasteiger partial charge in [0.2, 0.25) is 0 Å². The monoisotopic (exact) mass is 169 g/mol. The molecule has 1 atom stereocenters. The second kappa shape index (κ2) is 3.54. The van der Waals surface area contributed by atoms with Crippen LogP contribution in [0.25, 0.3) is 0 Å². The highest BCUT2D eigenvalue weighted by Gasteiger charge is 2.02. The Bertz CT molecular complexity index is 273. The van der Waals surface area contributed by atoms with Gasteiger partial charge >= 0.3 is 0 Å². The molecule has 0 bridgehead atoms. The summed E-state index contributed by atoms with van der Waals surface area (Å²) in [5.74, 6) is -0.413. The fourth-order valence-corrected chi connectivity index (χ4v) is 1.06. The molecule has 1 aromatic carbocycles. The summed E-state index contributed by atoms with van der Waals surface area (Å²) in [5, 5.41) is 9.03. The maximum Gasteiger partial charge on any atom is 0.146 e. The van der Waals surface area contributed by atoms with Crippen LogP contribution < -0.4 is 5.73 Å². The standard InChI is InChI=1S/C9H12FNO/c1-6(12)4-7-2-3-8(10)9(11)5-7/h2-3,5-6,12H,4,11H2,1H3. The summed E-state index contributed by atoms with van der Waals surface area (Å²) in [6, 6.07) is 4.48. The van der Waals surface area contributed by atoms with Crippen molar-refractivity contribution in [3.05, 3.63) is 29.6 Å². The van der Waals surface area contributed by atoms with Crippen molar-refractivity contribution in [1.82, 2.24) is 0 Å². The van der Waals surface area contributed by atoms with E-state index in [2.05, 4.69) is 0 Å².